The van der Waals surface area contributed by atoms with Gasteiger partial charge in [-0.25, -0.2) is 4.98 Å². The highest BCUT2D eigenvalue weighted by molar-refractivity contribution is 6.10. The van der Waals surface area contributed by atoms with Crippen molar-refractivity contribution in [3.05, 3.63) is 78.0 Å². The fraction of sp³-hybridized carbons (Fsp3) is 0.0909. The van der Waals surface area contributed by atoms with E-state index >= 15 is 0 Å². The molecule has 0 spiro atoms. The van der Waals surface area contributed by atoms with Gasteiger partial charge in [-0.2, -0.15) is 0 Å². The SMILES string of the molecule is COc1ccc(/C=C/C(=O)c2cccnc2Nc2ccc(O)cc2)cc1OC. The number of pyridine rings is 1. The fourth-order valence-electron chi connectivity index (χ4n) is 2.60. The molecule has 2 aromatic carbocycles. The van der Waals surface area contributed by atoms with Crippen LogP contribution < -0.4 is 14.8 Å². The van der Waals surface area contributed by atoms with Crippen LogP contribution in [0.2, 0.25) is 0 Å². The molecule has 0 unspecified atom stereocenters. The van der Waals surface area contributed by atoms with E-state index in [2.05, 4.69) is 10.3 Å². The Morgan fingerprint density at radius 1 is 1.04 bits per heavy atom. The number of aromatic hydroxyl groups is 1. The van der Waals surface area contributed by atoms with Crippen LogP contribution in [0.5, 0.6) is 17.2 Å². The van der Waals surface area contributed by atoms with Gasteiger partial charge in [-0.15, -0.1) is 0 Å². The third-order valence-corrected chi connectivity index (χ3v) is 4.04. The molecule has 0 amide bonds. The molecule has 0 fully saturated rings. The predicted molar refractivity (Wildman–Crippen MR) is 109 cm³/mol. The Morgan fingerprint density at radius 3 is 2.50 bits per heavy atom. The Kier molecular flexibility index (Phi) is 5.91. The Bertz CT molecular complexity index is 998. The number of nitrogens with zero attached hydrogens (tertiary/aromatic N) is 1. The summed E-state index contributed by atoms with van der Waals surface area (Å²) >= 11 is 0. The van der Waals surface area contributed by atoms with Gasteiger partial charge < -0.3 is 19.9 Å². The largest absolute Gasteiger partial charge is 0.508 e. The summed E-state index contributed by atoms with van der Waals surface area (Å²) in [4.78, 5) is 17.0. The normalized spacial score (nSPS) is 10.6. The molecular weight excluding hydrogens is 356 g/mol. The number of aromatic nitrogens is 1. The maximum absolute atomic E-state index is 12.7. The average molecular weight is 376 g/mol. The van der Waals surface area contributed by atoms with Crippen molar-refractivity contribution in [3.8, 4) is 17.2 Å². The molecule has 6 heteroatoms. The predicted octanol–water partition coefficient (Wildman–Crippen LogP) is 4.44. The molecule has 0 bridgehead atoms. The number of phenols is 1. The molecular formula is C22H20N2O4. The number of rotatable bonds is 7. The fourth-order valence-corrected chi connectivity index (χ4v) is 2.60. The summed E-state index contributed by atoms with van der Waals surface area (Å²) in [5.74, 6) is 1.63. The number of phenolic OH excluding ortho intramolecular Hbond substituents is 1. The summed E-state index contributed by atoms with van der Waals surface area (Å²) < 4.78 is 10.5. The van der Waals surface area contributed by atoms with E-state index in [0.29, 0.717) is 22.9 Å². The number of allylic oxidation sites excluding steroid dienone is 1. The zero-order valence-corrected chi connectivity index (χ0v) is 15.5. The van der Waals surface area contributed by atoms with Gasteiger partial charge in [0.2, 0.25) is 0 Å². The van der Waals surface area contributed by atoms with E-state index in [4.69, 9.17) is 9.47 Å². The lowest BCUT2D eigenvalue weighted by atomic mass is 10.1. The number of carbonyl (C=O) groups is 1. The molecule has 0 atom stereocenters. The van der Waals surface area contributed by atoms with Crippen LogP contribution in [0.4, 0.5) is 11.5 Å². The first-order valence-electron chi connectivity index (χ1n) is 8.56. The highest BCUT2D eigenvalue weighted by Gasteiger charge is 2.10. The quantitative estimate of drug-likeness (QED) is 0.360. The molecule has 0 aliphatic heterocycles. The van der Waals surface area contributed by atoms with Gasteiger partial charge in [0.25, 0.3) is 0 Å². The second kappa shape index (κ2) is 8.73. The molecule has 6 nitrogen and oxygen atoms in total. The van der Waals surface area contributed by atoms with Crippen molar-refractivity contribution in [2.24, 2.45) is 0 Å². The minimum Gasteiger partial charge on any atom is -0.508 e. The second-order valence-electron chi connectivity index (χ2n) is 5.88. The van der Waals surface area contributed by atoms with Gasteiger partial charge in [-0.05, 0) is 60.2 Å². The van der Waals surface area contributed by atoms with Gasteiger partial charge in [-0.3, -0.25) is 4.79 Å². The smallest absolute Gasteiger partial charge is 0.189 e. The number of nitrogens with one attached hydrogen (secondary N) is 1. The number of methoxy groups -OCH3 is 2. The summed E-state index contributed by atoms with van der Waals surface area (Å²) in [7, 11) is 3.13. The van der Waals surface area contributed by atoms with Crippen LogP contribution in [-0.4, -0.2) is 30.1 Å². The Labute approximate surface area is 163 Å². The summed E-state index contributed by atoms with van der Waals surface area (Å²) in [5, 5.41) is 12.5. The van der Waals surface area contributed by atoms with Gasteiger partial charge in [0.15, 0.2) is 17.3 Å². The molecule has 1 heterocycles. The first-order chi connectivity index (χ1) is 13.6. The van der Waals surface area contributed by atoms with E-state index in [1.54, 1.807) is 75.0 Å². The number of ether oxygens (including phenoxy) is 2. The molecule has 0 saturated carbocycles. The first-order valence-corrected chi connectivity index (χ1v) is 8.56. The minimum absolute atomic E-state index is 0.167. The number of hydrogen-bond donors (Lipinski definition) is 2. The Balaban J connectivity index is 1.81. The zero-order valence-electron chi connectivity index (χ0n) is 15.5. The van der Waals surface area contributed by atoms with E-state index in [0.717, 1.165) is 11.3 Å². The van der Waals surface area contributed by atoms with E-state index in [-0.39, 0.29) is 11.5 Å². The number of carbonyl (C=O) groups excluding carboxylic acids is 1. The molecule has 142 valence electrons. The summed E-state index contributed by atoms with van der Waals surface area (Å²) in [6.45, 7) is 0. The highest BCUT2D eigenvalue weighted by Crippen LogP contribution is 2.28. The van der Waals surface area contributed by atoms with Gasteiger partial charge in [-0.1, -0.05) is 12.1 Å². The standard InChI is InChI=1S/C22H20N2O4/c1-27-20-12-6-15(14-21(20)28-2)5-11-19(26)18-4-3-13-23-22(18)24-16-7-9-17(25)10-8-16/h3-14,25H,1-2H3,(H,23,24)/b11-5+. The van der Waals surface area contributed by atoms with Gasteiger partial charge in [0.05, 0.1) is 19.8 Å². The van der Waals surface area contributed by atoms with E-state index in [1.807, 2.05) is 6.07 Å². The van der Waals surface area contributed by atoms with Crippen molar-refractivity contribution in [2.75, 3.05) is 19.5 Å². The van der Waals surface area contributed by atoms with Crippen LogP contribution in [0.1, 0.15) is 15.9 Å². The number of anilines is 2. The molecule has 1 aromatic heterocycles. The van der Waals surface area contributed by atoms with Crippen LogP contribution in [0.25, 0.3) is 6.08 Å². The minimum atomic E-state index is -0.191. The summed E-state index contributed by atoms with van der Waals surface area (Å²) in [6.07, 6.45) is 4.81. The molecule has 0 radical (unpaired) electrons. The van der Waals surface area contributed by atoms with Gasteiger partial charge in [0.1, 0.15) is 11.6 Å². The number of benzene rings is 2. The number of ketones is 1. The lowest BCUT2D eigenvalue weighted by Gasteiger charge is -2.09. The van der Waals surface area contributed by atoms with E-state index in [1.165, 1.54) is 6.08 Å². The van der Waals surface area contributed by atoms with Crippen molar-refractivity contribution in [2.45, 2.75) is 0 Å². The van der Waals surface area contributed by atoms with Crippen LogP contribution in [-0.2, 0) is 0 Å². The molecule has 3 rings (SSSR count). The molecule has 0 aliphatic rings. The third kappa shape index (κ3) is 4.48. The van der Waals surface area contributed by atoms with Crippen molar-refractivity contribution >= 4 is 23.4 Å². The molecule has 28 heavy (non-hydrogen) atoms. The van der Waals surface area contributed by atoms with Crippen LogP contribution in [0.15, 0.2) is 66.9 Å². The topological polar surface area (TPSA) is 80.7 Å². The lowest BCUT2D eigenvalue weighted by Crippen LogP contribution is -2.03. The lowest BCUT2D eigenvalue weighted by molar-refractivity contribution is 0.104. The summed E-state index contributed by atoms with van der Waals surface area (Å²) in [6, 6.07) is 15.4. The third-order valence-electron chi connectivity index (χ3n) is 4.04. The first kappa shape index (κ1) is 19.0. The zero-order chi connectivity index (χ0) is 19.9. The maximum Gasteiger partial charge on any atom is 0.189 e. The molecule has 3 aromatic rings. The highest BCUT2D eigenvalue weighted by atomic mass is 16.5. The van der Waals surface area contributed by atoms with Crippen LogP contribution >= 0.6 is 0 Å². The Morgan fingerprint density at radius 2 is 1.79 bits per heavy atom. The van der Waals surface area contributed by atoms with Crippen molar-refractivity contribution in [1.82, 2.24) is 4.98 Å². The Hall–Kier alpha value is -3.80. The second-order valence-corrected chi connectivity index (χ2v) is 5.88. The van der Waals surface area contributed by atoms with Crippen molar-refractivity contribution in [1.29, 1.82) is 0 Å². The number of hydrogen-bond acceptors (Lipinski definition) is 6. The van der Waals surface area contributed by atoms with E-state index < -0.39 is 0 Å². The molecule has 0 saturated heterocycles. The van der Waals surface area contributed by atoms with E-state index in [9.17, 15) is 9.90 Å². The average Bonchev–Trinajstić information content (AvgIpc) is 2.73. The molecule has 0 aliphatic carbocycles. The van der Waals surface area contributed by atoms with Gasteiger partial charge >= 0.3 is 0 Å². The van der Waals surface area contributed by atoms with Gasteiger partial charge in [0, 0.05) is 11.9 Å². The monoisotopic (exact) mass is 376 g/mol. The maximum atomic E-state index is 12.7. The van der Waals surface area contributed by atoms with Crippen LogP contribution in [0, 0.1) is 0 Å². The van der Waals surface area contributed by atoms with Crippen LogP contribution in [0.3, 0.4) is 0 Å². The van der Waals surface area contributed by atoms with Crippen molar-refractivity contribution in [3.63, 3.8) is 0 Å². The summed E-state index contributed by atoms with van der Waals surface area (Å²) in [5.41, 5.74) is 1.96. The van der Waals surface area contributed by atoms with Crippen molar-refractivity contribution < 1.29 is 19.4 Å². The molecule has 2 N–H and O–H groups in total.